The lowest BCUT2D eigenvalue weighted by molar-refractivity contribution is 0.627. The highest BCUT2D eigenvalue weighted by Crippen LogP contribution is 2.26. The van der Waals surface area contributed by atoms with Gasteiger partial charge in [0.25, 0.3) is 0 Å². The maximum Gasteiger partial charge on any atom is 0.123 e. The molecule has 0 spiro atoms. The maximum absolute atomic E-state index is 13.4. The molecule has 0 aromatic heterocycles. The van der Waals surface area contributed by atoms with Gasteiger partial charge in [-0.05, 0) is 46.7 Å². The van der Waals surface area contributed by atoms with Gasteiger partial charge in [0.15, 0.2) is 0 Å². The second-order valence-electron chi connectivity index (χ2n) is 5.30. The molecule has 100 valence electrons. The number of hydrogen-bond donors (Lipinski definition) is 1. The van der Waals surface area contributed by atoms with Crippen molar-refractivity contribution in [3.63, 3.8) is 0 Å². The number of halogens is 1. The molecule has 0 bridgehead atoms. The second kappa shape index (κ2) is 5.98. The van der Waals surface area contributed by atoms with Crippen LogP contribution in [0.1, 0.15) is 25.0 Å². The van der Waals surface area contributed by atoms with Gasteiger partial charge in [-0.2, -0.15) is 0 Å². The monoisotopic (exact) mass is 257 g/mol. The molecule has 2 N–H and O–H groups in total. The Morgan fingerprint density at radius 2 is 1.89 bits per heavy atom. The molecule has 2 aromatic rings. The molecule has 0 saturated heterocycles. The summed E-state index contributed by atoms with van der Waals surface area (Å²) in [6.45, 7) is 4.81. The third kappa shape index (κ3) is 3.42. The summed E-state index contributed by atoms with van der Waals surface area (Å²) < 4.78 is 13.4. The summed E-state index contributed by atoms with van der Waals surface area (Å²) in [7, 11) is 0. The van der Waals surface area contributed by atoms with E-state index < -0.39 is 0 Å². The van der Waals surface area contributed by atoms with Crippen LogP contribution in [0.15, 0.2) is 42.5 Å². The minimum absolute atomic E-state index is 0.221. The minimum atomic E-state index is -0.221. The average Bonchev–Trinajstić information content (AvgIpc) is 2.38. The van der Waals surface area contributed by atoms with Gasteiger partial charge in [-0.1, -0.05) is 44.2 Å². The van der Waals surface area contributed by atoms with E-state index >= 15 is 0 Å². The Kier molecular flexibility index (Phi) is 4.33. The lowest BCUT2D eigenvalue weighted by Crippen LogP contribution is -2.00. The van der Waals surface area contributed by atoms with Gasteiger partial charge in [0, 0.05) is 6.54 Å². The first kappa shape index (κ1) is 13.8. The van der Waals surface area contributed by atoms with Crippen LogP contribution >= 0.6 is 0 Å². The van der Waals surface area contributed by atoms with Gasteiger partial charge in [0.1, 0.15) is 5.82 Å². The van der Waals surface area contributed by atoms with Crippen LogP contribution in [0.25, 0.3) is 11.1 Å². The van der Waals surface area contributed by atoms with Gasteiger partial charge in [0.05, 0.1) is 0 Å². The molecule has 0 saturated carbocycles. The van der Waals surface area contributed by atoms with Crippen LogP contribution < -0.4 is 5.73 Å². The lowest BCUT2D eigenvalue weighted by atomic mass is 9.95. The molecule has 0 amide bonds. The molecular weight excluding hydrogens is 237 g/mol. The van der Waals surface area contributed by atoms with Crippen LogP contribution in [0.3, 0.4) is 0 Å². The fourth-order valence-electron chi connectivity index (χ4n) is 2.33. The third-order valence-electron chi connectivity index (χ3n) is 3.17. The fraction of sp³-hybridized carbons (Fsp3) is 0.294. The Labute approximate surface area is 114 Å². The largest absolute Gasteiger partial charge is 0.326 e. The summed E-state index contributed by atoms with van der Waals surface area (Å²) in [5.74, 6) is 0.387. The van der Waals surface area contributed by atoms with Gasteiger partial charge >= 0.3 is 0 Å². The van der Waals surface area contributed by atoms with E-state index in [4.69, 9.17) is 5.73 Å². The molecule has 19 heavy (non-hydrogen) atoms. The second-order valence-corrected chi connectivity index (χ2v) is 5.30. The molecule has 1 nitrogen and oxygen atoms in total. The van der Waals surface area contributed by atoms with Gasteiger partial charge in [0.2, 0.25) is 0 Å². The van der Waals surface area contributed by atoms with E-state index in [9.17, 15) is 4.39 Å². The Bertz CT molecular complexity index is 561. The van der Waals surface area contributed by atoms with E-state index in [2.05, 4.69) is 26.0 Å². The molecule has 0 aliphatic heterocycles. The molecule has 2 heteroatoms. The lowest BCUT2D eigenvalue weighted by Gasteiger charge is -2.11. The predicted octanol–water partition coefficient (Wildman–Crippen LogP) is 4.15. The molecule has 0 unspecified atom stereocenters. The van der Waals surface area contributed by atoms with Gasteiger partial charge in [-0.15, -0.1) is 0 Å². The highest BCUT2D eigenvalue weighted by molar-refractivity contribution is 5.68. The predicted molar refractivity (Wildman–Crippen MR) is 78.3 cm³/mol. The Morgan fingerprint density at radius 1 is 1.11 bits per heavy atom. The third-order valence-corrected chi connectivity index (χ3v) is 3.17. The summed E-state index contributed by atoms with van der Waals surface area (Å²) >= 11 is 0. The fourth-order valence-corrected chi connectivity index (χ4v) is 2.33. The Balaban J connectivity index is 2.43. The van der Waals surface area contributed by atoms with Crippen molar-refractivity contribution >= 4 is 0 Å². The molecule has 2 rings (SSSR count). The van der Waals surface area contributed by atoms with Crippen LogP contribution in [0.2, 0.25) is 0 Å². The smallest absolute Gasteiger partial charge is 0.123 e. The Morgan fingerprint density at radius 3 is 2.58 bits per heavy atom. The van der Waals surface area contributed by atoms with E-state index in [0.717, 1.165) is 23.1 Å². The van der Waals surface area contributed by atoms with Crippen LogP contribution in [0.5, 0.6) is 0 Å². The van der Waals surface area contributed by atoms with Crippen molar-refractivity contribution in [3.8, 4) is 11.1 Å². The molecule has 0 heterocycles. The quantitative estimate of drug-likeness (QED) is 0.874. The normalized spacial score (nSPS) is 11.0. The number of rotatable bonds is 4. The maximum atomic E-state index is 13.4. The van der Waals surface area contributed by atoms with Gasteiger partial charge in [-0.3, -0.25) is 0 Å². The Hall–Kier alpha value is -1.67. The van der Waals surface area contributed by atoms with Gasteiger partial charge in [-0.25, -0.2) is 4.39 Å². The average molecular weight is 257 g/mol. The van der Waals surface area contributed by atoms with E-state index in [1.165, 1.54) is 11.6 Å². The minimum Gasteiger partial charge on any atom is -0.326 e. The van der Waals surface area contributed by atoms with E-state index in [-0.39, 0.29) is 5.82 Å². The molecule has 2 aromatic carbocycles. The molecule has 0 aliphatic carbocycles. The van der Waals surface area contributed by atoms with Crippen LogP contribution in [0, 0.1) is 11.7 Å². The molecule has 0 fully saturated rings. The standard InChI is InChI=1S/C17H20FN/c1-12(2)8-13-4-3-5-14(9-13)17-10-16(18)7-6-15(17)11-19/h3-7,9-10,12H,8,11,19H2,1-2H3. The summed E-state index contributed by atoms with van der Waals surface area (Å²) in [6.07, 6.45) is 1.03. The summed E-state index contributed by atoms with van der Waals surface area (Å²) in [5, 5.41) is 0. The summed E-state index contributed by atoms with van der Waals surface area (Å²) in [5.41, 5.74) is 9.92. The summed E-state index contributed by atoms with van der Waals surface area (Å²) in [6, 6.07) is 13.1. The van der Waals surface area contributed by atoms with Crippen molar-refractivity contribution < 1.29 is 4.39 Å². The van der Waals surface area contributed by atoms with Crippen molar-refractivity contribution in [1.82, 2.24) is 0 Å². The van der Waals surface area contributed by atoms with Gasteiger partial charge < -0.3 is 5.73 Å². The first-order valence-electron chi connectivity index (χ1n) is 6.68. The summed E-state index contributed by atoms with van der Waals surface area (Å²) in [4.78, 5) is 0. The molecule has 0 radical (unpaired) electrons. The first-order chi connectivity index (χ1) is 9.10. The van der Waals surface area contributed by atoms with Crippen LogP contribution in [-0.2, 0) is 13.0 Å². The van der Waals surface area contributed by atoms with E-state index in [1.807, 2.05) is 12.1 Å². The number of hydrogen-bond acceptors (Lipinski definition) is 1. The number of benzene rings is 2. The van der Waals surface area contributed by atoms with Crippen molar-refractivity contribution in [1.29, 1.82) is 0 Å². The molecular formula is C17H20FN. The van der Waals surface area contributed by atoms with E-state index in [1.54, 1.807) is 12.1 Å². The van der Waals surface area contributed by atoms with E-state index in [0.29, 0.717) is 12.5 Å². The van der Waals surface area contributed by atoms with Crippen LogP contribution in [-0.4, -0.2) is 0 Å². The van der Waals surface area contributed by atoms with Crippen molar-refractivity contribution in [2.45, 2.75) is 26.8 Å². The van der Waals surface area contributed by atoms with Crippen molar-refractivity contribution in [2.24, 2.45) is 11.7 Å². The zero-order valence-electron chi connectivity index (χ0n) is 11.5. The molecule has 0 aliphatic rings. The SMILES string of the molecule is CC(C)Cc1cccc(-c2cc(F)ccc2CN)c1. The molecule has 0 atom stereocenters. The van der Waals surface area contributed by atoms with Crippen molar-refractivity contribution in [3.05, 3.63) is 59.4 Å². The van der Waals surface area contributed by atoms with Crippen LogP contribution in [0.4, 0.5) is 4.39 Å². The zero-order valence-corrected chi connectivity index (χ0v) is 11.5. The highest BCUT2D eigenvalue weighted by atomic mass is 19.1. The first-order valence-corrected chi connectivity index (χ1v) is 6.68. The zero-order chi connectivity index (χ0) is 13.8. The highest BCUT2D eigenvalue weighted by Gasteiger charge is 2.07. The number of nitrogens with two attached hydrogens (primary N) is 1. The van der Waals surface area contributed by atoms with Crippen molar-refractivity contribution in [2.75, 3.05) is 0 Å². The topological polar surface area (TPSA) is 26.0 Å².